The standard InChI is InChI=1S/C12H21NO6/c1-6(2)16-11(14)15-5-7-8(13)9-10(17-7)19-12(3,4)18-9/h6-10H,5,13H2,1-4H3/t7-,8+,9-,10-/m1/s1. The molecule has 0 unspecified atom stereocenters. The normalized spacial score (nSPS) is 36.3. The molecule has 7 heteroatoms. The zero-order chi connectivity index (χ0) is 14.2. The first kappa shape index (κ1) is 14.5. The lowest BCUT2D eigenvalue weighted by Gasteiger charge is -2.23. The number of hydrogen-bond donors (Lipinski definition) is 1. The quantitative estimate of drug-likeness (QED) is 0.760. The highest BCUT2D eigenvalue weighted by atomic mass is 16.8. The molecule has 0 aliphatic carbocycles. The van der Waals surface area contributed by atoms with E-state index < -0.39 is 30.4 Å². The molecule has 0 saturated carbocycles. The average Bonchev–Trinajstić information content (AvgIpc) is 2.70. The predicted molar refractivity (Wildman–Crippen MR) is 64.2 cm³/mol. The topological polar surface area (TPSA) is 89.2 Å². The SMILES string of the molecule is CC(C)OC(=O)OC[C@H]1O[C@@H]2OC(C)(C)O[C@@H]2[C@H]1N. The van der Waals surface area contributed by atoms with Crippen molar-refractivity contribution in [3.05, 3.63) is 0 Å². The summed E-state index contributed by atoms with van der Waals surface area (Å²) < 4.78 is 26.6. The zero-order valence-electron chi connectivity index (χ0n) is 11.6. The largest absolute Gasteiger partial charge is 0.508 e. The minimum atomic E-state index is -0.731. The molecular weight excluding hydrogens is 254 g/mol. The molecule has 7 nitrogen and oxygen atoms in total. The van der Waals surface area contributed by atoms with Crippen LogP contribution >= 0.6 is 0 Å². The van der Waals surface area contributed by atoms with Gasteiger partial charge in [-0.1, -0.05) is 0 Å². The summed E-state index contributed by atoms with van der Waals surface area (Å²) >= 11 is 0. The van der Waals surface area contributed by atoms with E-state index in [0.29, 0.717) is 0 Å². The molecule has 0 amide bonds. The number of hydrogen-bond acceptors (Lipinski definition) is 7. The Labute approximate surface area is 112 Å². The summed E-state index contributed by atoms with van der Waals surface area (Å²) in [6, 6.07) is -0.404. The molecule has 2 rings (SSSR count). The van der Waals surface area contributed by atoms with Crippen LogP contribution in [-0.4, -0.2) is 49.2 Å². The van der Waals surface area contributed by atoms with E-state index in [0.717, 1.165) is 0 Å². The Balaban J connectivity index is 1.80. The summed E-state index contributed by atoms with van der Waals surface area (Å²) in [5.74, 6) is -0.699. The van der Waals surface area contributed by atoms with E-state index in [4.69, 9.17) is 29.4 Å². The number of ether oxygens (including phenoxy) is 5. The summed E-state index contributed by atoms with van der Waals surface area (Å²) in [5.41, 5.74) is 6.01. The minimum absolute atomic E-state index is 0.0207. The lowest BCUT2D eigenvalue weighted by molar-refractivity contribution is -0.209. The van der Waals surface area contributed by atoms with Crippen molar-refractivity contribution >= 4 is 6.16 Å². The maximum Gasteiger partial charge on any atom is 0.508 e. The van der Waals surface area contributed by atoms with Crippen molar-refractivity contribution in [2.24, 2.45) is 5.73 Å². The van der Waals surface area contributed by atoms with Gasteiger partial charge in [-0.2, -0.15) is 0 Å². The van der Waals surface area contributed by atoms with Crippen LogP contribution in [0.15, 0.2) is 0 Å². The van der Waals surface area contributed by atoms with Crippen molar-refractivity contribution in [1.82, 2.24) is 0 Å². The van der Waals surface area contributed by atoms with E-state index in [1.165, 1.54) is 0 Å². The first-order chi connectivity index (χ1) is 8.78. The molecule has 0 aromatic rings. The van der Waals surface area contributed by atoms with Gasteiger partial charge in [-0.05, 0) is 27.7 Å². The number of carbonyl (C=O) groups is 1. The van der Waals surface area contributed by atoms with Gasteiger partial charge in [0, 0.05) is 0 Å². The molecule has 2 N–H and O–H groups in total. The van der Waals surface area contributed by atoms with Crippen LogP contribution < -0.4 is 5.73 Å². The third-order valence-electron chi connectivity index (χ3n) is 2.90. The highest BCUT2D eigenvalue weighted by Crippen LogP contribution is 2.36. The van der Waals surface area contributed by atoms with Crippen LogP contribution in [0.4, 0.5) is 4.79 Å². The second-order valence-electron chi connectivity index (χ2n) is 5.45. The summed E-state index contributed by atoms with van der Waals surface area (Å²) in [4.78, 5) is 11.3. The van der Waals surface area contributed by atoms with Crippen molar-refractivity contribution in [2.45, 2.75) is 64.1 Å². The van der Waals surface area contributed by atoms with Gasteiger partial charge in [0.05, 0.1) is 12.1 Å². The van der Waals surface area contributed by atoms with Crippen LogP contribution in [0.3, 0.4) is 0 Å². The highest BCUT2D eigenvalue weighted by Gasteiger charge is 2.53. The lowest BCUT2D eigenvalue weighted by atomic mass is 10.1. The van der Waals surface area contributed by atoms with Gasteiger partial charge in [0.25, 0.3) is 0 Å². The van der Waals surface area contributed by atoms with Gasteiger partial charge in [0.2, 0.25) is 0 Å². The molecule has 0 bridgehead atoms. The number of rotatable bonds is 3. The molecule has 2 heterocycles. The maximum atomic E-state index is 11.3. The fraction of sp³-hybridized carbons (Fsp3) is 0.917. The second-order valence-corrected chi connectivity index (χ2v) is 5.45. The molecule has 4 atom stereocenters. The first-order valence-electron chi connectivity index (χ1n) is 6.38. The summed E-state index contributed by atoms with van der Waals surface area (Å²) in [7, 11) is 0. The molecule has 2 aliphatic heterocycles. The first-order valence-corrected chi connectivity index (χ1v) is 6.38. The van der Waals surface area contributed by atoms with Crippen molar-refractivity contribution < 1.29 is 28.5 Å². The lowest BCUT2D eigenvalue weighted by Crippen LogP contribution is -2.43. The molecule has 0 aromatic heterocycles. The molecule has 2 saturated heterocycles. The molecule has 2 aliphatic rings. The average molecular weight is 275 g/mol. The van der Waals surface area contributed by atoms with Crippen LogP contribution in [-0.2, 0) is 23.7 Å². The fourth-order valence-corrected chi connectivity index (χ4v) is 2.12. The molecule has 2 fully saturated rings. The Kier molecular flexibility index (Phi) is 4.00. The Bertz CT molecular complexity index is 345. The van der Waals surface area contributed by atoms with E-state index in [1.54, 1.807) is 27.7 Å². The van der Waals surface area contributed by atoms with Crippen LogP contribution in [0.2, 0.25) is 0 Å². The van der Waals surface area contributed by atoms with E-state index in [9.17, 15) is 4.79 Å². The van der Waals surface area contributed by atoms with E-state index >= 15 is 0 Å². The molecule has 110 valence electrons. The third kappa shape index (κ3) is 3.36. The van der Waals surface area contributed by atoms with Gasteiger partial charge in [-0.3, -0.25) is 0 Å². The van der Waals surface area contributed by atoms with Crippen molar-refractivity contribution in [1.29, 1.82) is 0 Å². The monoisotopic (exact) mass is 275 g/mol. The van der Waals surface area contributed by atoms with Crippen LogP contribution in [0, 0.1) is 0 Å². The maximum absolute atomic E-state index is 11.3. The van der Waals surface area contributed by atoms with Crippen molar-refractivity contribution in [3.8, 4) is 0 Å². The summed E-state index contributed by atoms with van der Waals surface area (Å²) in [5, 5.41) is 0. The summed E-state index contributed by atoms with van der Waals surface area (Å²) in [6.45, 7) is 7.10. The van der Waals surface area contributed by atoms with E-state index in [-0.39, 0.29) is 18.8 Å². The van der Waals surface area contributed by atoms with E-state index in [1.807, 2.05) is 0 Å². The van der Waals surface area contributed by atoms with Crippen molar-refractivity contribution in [3.63, 3.8) is 0 Å². The van der Waals surface area contributed by atoms with Crippen LogP contribution in [0.25, 0.3) is 0 Å². The van der Waals surface area contributed by atoms with Gasteiger partial charge < -0.3 is 29.4 Å². The smallest absolute Gasteiger partial charge is 0.432 e. The number of nitrogens with two attached hydrogens (primary N) is 1. The summed E-state index contributed by atoms with van der Waals surface area (Å²) in [6.07, 6.45) is -2.27. The second kappa shape index (κ2) is 5.24. The third-order valence-corrected chi connectivity index (χ3v) is 2.90. The molecular formula is C12H21NO6. The minimum Gasteiger partial charge on any atom is -0.432 e. The van der Waals surface area contributed by atoms with E-state index in [2.05, 4.69) is 0 Å². The number of carbonyl (C=O) groups excluding carboxylic acids is 1. The van der Waals surface area contributed by atoms with Gasteiger partial charge in [0.15, 0.2) is 12.1 Å². The zero-order valence-corrected chi connectivity index (χ0v) is 11.6. The molecule has 0 spiro atoms. The van der Waals surface area contributed by atoms with Gasteiger partial charge in [-0.25, -0.2) is 4.79 Å². The van der Waals surface area contributed by atoms with Gasteiger partial charge >= 0.3 is 6.16 Å². The molecule has 19 heavy (non-hydrogen) atoms. The van der Waals surface area contributed by atoms with Crippen LogP contribution in [0.5, 0.6) is 0 Å². The Morgan fingerprint density at radius 2 is 2.05 bits per heavy atom. The Morgan fingerprint density at radius 1 is 1.37 bits per heavy atom. The molecule has 0 aromatic carbocycles. The van der Waals surface area contributed by atoms with Crippen LogP contribution in [0.1, 0.15) is 27.7 Å². The molecule has 0 radical (unpaired) electrons. The highest BCUT2D eigenvalue weighted by molar-refractivity contribution is 5.60. The van der Waals surface area contributed by atoms with Gasteiger partial charge in [0.1, 0.15) is 18.8 Å². The Morgan fingerprint density at radius 3 is 2.63 bits per heavy atom. The fourth-order valence-electron chi connectivity index (χ4n) is 2.12. The Hall–Kier alpha value is -0.890. The van der Waals surface area contributed by atoms with Gasteiger partial charge in [-0.15, -0.1) is 0 Å². The number of fused-ring (bicyclic) bond motifs is 1. The van der Waals surface area contributed by atoms with Crippen molar-refractivity contribution in [2.75, 3.05) is 6.61 Å². The predicted octanol–water partition coefficient (Wildman–Crippen LogP) is 0.752.